The summed E-state index contributed by atoms with van der Waals surface area (Å²) < 4.78 is 5.81. The van der Waals surface area contributed by atoms with Gasteiger partial charge in [0.25, 0.3) is 5.91 Å². The van der Waals surface area contributed by atoms with E-state index in [-0.39, 0.29) is 22.8 Å². The van der Waals surface area contributed by atoms with Gasteiger partial charge in [0.05, 0.1) is 29.6 Å². The quantitative estimate of drug-likeness (QED) is 0.812. The van der Waals surface area contributed by atoms with Gasteiger partial charge in [-0.05, 0) is 43.7 Å². The van der Waals surface area contributed by atoms with Crippen molar-refractivity contribution >= 4 is 29.1 Å². The van der Waals surface area contributed by atoms with Gasteiger partial charge in [0.2, 0.25) is 0 Å². The molecular formula is C19H18Cl2N4O2. The van der Waals surface area contributed by atoms with Crippen LogP contribution in [0.2, 0.25) is 10.2 Å². The maximum absolute atomic E-state index is 12.2. The Morgan fingerprint density at radius 2 is 2.00 bits per heavy atom. The number of carbonyl (C=O) groups is 1. The van der Waals surface area contributed by atoms with Crippen molar-refractivity contribution in [1.29, 1.82) is 5.26 Å². The van der Waals surface area contributed by atoms with Crippen LogP contribution < -0.4 is 10.1 Å². The minimum absolute atomic E-state index is 0.121. The summed E-state index contributed by atoms with van der Waals surface area (Å²) >= 11 is 11.7. The molecule has 0 saturated heterocycles. The van der Waals surface area contributed by atoms with E-state index in [0.29, 0.717) is 28.9 Å². The highest BCUT2D eigenvalue weighted by atomic mass is 35.5. The van der Waals surface area contributed by atoms with Crippen LogP contribution in [0, 0.1) is 17.2 Å². The van der Waals surface area contributed by atoms with E-state index >= 15 is 0 Å². The average molecular weight is 405 g/mol. The summed E-state index contributed by atoms with van der Waals surface area (Å²) in [4.78, 5) is 20.0. The molecule has 1 aromatic carbocycles. The molecule has 6 nitrogen and oxygen atoms in total. The zero-order chi connectivity index (χ0) is 19.2. The highest BCUT2D eigenvalue weighted by molar-refractivity contribution is 6.31. The number of hydrogen-bond donors (Lipinski definition) is 1. The molecule has 1 fully saturated rings. The van der Waals surface area contributed by atoms with Gasteiger partial charge in [-0.25, -0.2) is 9.97 Å². The second-order valence-electron chi connectivity index (χ2n) is 6.48. The van der Waals surface area contributed by atoms with Gasteiger partial charge in [-0.3, -0.25) is 4.79 Å². The van der Waals surface area contributed by atoms with E-state index in [9.17, 15) is 4.79 Å². The lowest BCUT2D eigenvalue weighted by atomic mass is 9.86. The Morgan fingerprint density at radius 1 is 1.22 bits per heavy atom. The van der Waals surface area contributed by atoms with Crippen molar-refractivity contribution in [3.63, 3.8) is 0 Å². The Labute approximate surface area is 167 Å². The Kier molecular flexibility index (Phi) is 6.49. The number of nitrogens with one attached hydrogen (secondary N) is 1. The number of ether oxygens (including phenoxy) is 1. The Bertz CT molecular complexity index is 844. The highest BCUT2D eigenvalue weighted by Gasteiger charge is 2.23. The van der Waals surface area contributed by atoms with Crippen molar-refractivity contribution in [3.8, 4) is 11.8 Å². The second-order valence-corrected chi connectivity index (χ2v) is 7.27. The molecule has 0 aliphatic heterocycles. The van der Waals surface area contributed by atoms with Crippen LogP contribution in [0.25, 0.3) is 0 Å². The molecule has 8 heteroatoms. The van der Waals surface area contributed by atoms with Crippen molar-refractivity contribution in [1.82, 2.24) is 15.3 Å². The first kappa shape index (κ1) is 19.4. The molecular weight excluding hydrogens is 387 g/mol. The van der Waals surface area contributed by atoms with Crippen LogP contribution in [0.5, 0.6) is 5.75 Å². The third kappa shape index (κ3) is 5.31. The molecule has 1 heterocycles. The number of carbonyl (C=O) groups excluding carboxylic acids is 1. The lowest BCUT2D eigenvalue weighted by Gasteiger charge is -2.29. The molecule has 0 unspecified atom stereocenters. The first-order valence-corrected chi connectivity index (χ1v) is 9.41. The summed E-state index contributed by atoms with van der Waals surface area (Å²) in [5.41, 5.74) is 0.702. The fourth-order valence-corrected chi connectivity index (χ4v) is 3.36. The molecule has 0 atom stereocenters. The summed E-state index contributed by atoms with van der Waals surface area (Å²) in [5, 5.41) is 12.5. The fourth-order valence-electron chi connectivity index (χ4n) is 3.05. The standard InChI is InChI=1S/C19H18Cl2N4O2/c20-16-7-15(6-3-13(16)8-22)27-11-12-1-4-14(5-2-12)25-19(26)17-9-24-18(21)10-23-17/h3,6-7,9-10,12,14H,1-2,4-5,11H2,(H,25,26). The van der Waals surface area contributed by atoms with E-state index in [1.54, 1.807) is 18.2 Å². The maximum atomic E-state index is 12.2. The van der Waals surface area contributed by atoms with E-state index in [2.05, 4.69) is 15.3 Å². The number of aromatic nitrogens is 2. The van der Waals surface area contributed by atoms with Crippen LogP contribution in [-0.4, -0.2) is 28.5 Å². The predicted molar refractivity (Wildman–Crippen MR) is 102 cm³/mol. The van der Waals surface area contributed by atoms with Gasteiger partial charge in [0.1, 0.15) is 22.7 Å². The fraction of sp³-hybridized carbons (Fsp3) is 0.368. The van der Waals surface area contributed by atoms with Crippen LogP contribution >= 0.6 is 23.2 Å². The van der Waals surface area contributed by atoms with Gasteiger partial charge in [0.15, 0.2) is 0 Å². The second kappa shape index (κ2) is 9.03. The first-order valence-electron chi connectivity index (χ1n) is 8.66. The molecule has 27 heavy (non-hydrogen) atoms. The van der Waals surface area contributed by atoms with Crippen molar-refractivity contribution < 1.29 is 9.53 Å². The Hall–Kier alpha value is -2.36. The van der Waals surface area contributed by atoms with E-state index in [4.69, 9.17) is 33.2 Å². The normalized spacial score (nSPS) is 19.1. The molecule has 0 bridgehead atoms. The zero-order valence-electron chi connectivity index (χ0n) is 14.5. The van der Waals surface area contributed by atoms with Crippen LogP contribution in [0.15, 0.2) is 30.6 Å². The molecule has 2 aromatic rings. The number of rotatable bonds is 5. The number of benzene rings is 1. The minimum Gasteiger partial charge on any atom is -0.493 e. The third-order valence-corrected chi connectivity index (χ3v) is 5.09. The average Bonchev–Trinajstić information content (AvgIpc) is 2.68. The van der Waals surface area contributed by atoms with Gasteiger partial charge in [-0.2, -0.15) is 5.26 Å². The molecule has 1 aliphatic rings. The number of hydrogen-bond acceptors (Lipinski definition) is 5. The Balaban J connectivity index is 1.43. The molecule has 3 rings (SSSR count). The lowest BCUT2D eigenvalue weighted by Crippen LogP contribution is -2.38. The molecule has 1 amide bonds. The summed E-state index contributed by atoms with van der Waals surface area (Å²) in [6, 6.07) is 7.22. The lowest BCUT2D eigenvalue weighted by molar-refractivity contribution is 0.0910. The van der Waals surface area contributed by atoms with E-state index in [0.717, 1.165) is 25.7 Å². The molecule has 1 N–H and O–H groups in total. The number of nitriles is 1. The summed E-state index contributed by atoms with van der Waals surface area (Å²) in [6.45, 7) is 0.589. The van der Waals surface area contributed by atoms with E-state index in [1.807, 2.05) is 6.07 Å². The summed E-state index contributed by atoms with van der Waals surface area (Å²) in [6.07, 6.45) is 6.42. The summed E-state index contributed by atoms with van der Waals surface area (Å²) in [7, 11) is 0. The van der Waals surface area contributed by atoms with Crippen molar-refractivity contribution in [2.45, 2.75) is 31.7 Å². The summed E-state index contributed by atoms with van der Waals surface area (Å²) in [5.74, 6) is 0.852. The SMILES string of the molecule is N#Cc1ccc(OCC2CCC(NC(=O)c3cnc(Cl)cn3)CC2)cc1Cl. The van der Waals surface area contributed by atoms with Gasteiger partial charge >= 0.3 is 0 Å². The zero-order valence-corrected chi connectivity index (χ0v) is 16.0. The van der Waals surface area contributed by atoms with Crippen molar-refractivity contribution in [2.75, 3.05) is 6.61 Å². The van der Waals surface area contributed by atoms with Crippen molar-refractivity contribution in [3.05, 3.63) is 52.0 Å². The molecule has 0 spiro atoms. The molecule has 1 aromatic heterocycles. The highest BCUT2D eigenvalue weighted by Crippen LogP contribution is 2.27. The monoisotopic (exact) mass is 404 g/mol. The Morgan fingerprint density at radius 3 is 2.63 bits per heavy atom. The molecule has 0 radical (unpaired) electrons. The minimum atomic E-state index is -0.230. The first-order chi connectivity index (χ1) is 13.0. The van der Waals surface area contributed by atoms with Crippen LogP contribution in [0.4, 0.5) is 0 Å². The van der Waals surface area contributed by atoms with E-state index < -0.39 is 0 Å². The topological polar surface area (TPSA) is 87.9 Å². The van der Waals surface area contributed by atoms with Gasteiger partial charge in [-0.15, -0.1) is 0 Å². The molecule has 140 valence electrons. The van der Waals surface area contributed by atoms with Crippen LogP contribution in [-0.2, 0) is 0 Å². The van der Waals surface area contributed by atoms with Crippen molar-refractivity contribution in [2.24, 2.45) is 5.92 Å². The van der Waals surface area contributed by atoms with Gasteiger partial charge in [-0.1, -0.05) is 23.2 Å². The number of amides is 1. The van der Waals surface area contributed by atoms with E-state index in [1.165, 1.54) is 12.4 Å². The maximum Gasteiger partial charge on any atom is 0.271 e. The number of halogens is 2. The smallest absolute Gasteiger partial charge is 0.271 e. The van der Waals surface area contributed by atoms with Crippen LogP contribution in [0.1, 0.15) is 41.7 Å². The predicted octanol–water partition coefficient (Wildman–Crippen LogP) is 4.02. The molecule has 1 saturated carbocycles. The largest absolute Gasteiger partial charge is 0.493 e. The molecule has 1 aliphatic carbocycles. The number of nitrogens with zero attached hydrogens (tertiary/aromatic N) is 3. The van der Waals surface area contributed by atoms with Crippen LogP contribution in [0.3, 0.4) is 0 Å². The third-order valence-electron chi connectivity index (χ3n) is 4.58. The van der Waals surface area contributed by atoms with Gasteiger partial charge < -0.3 is 10.1 Å². The van der Waals surface area contributed by atoms with Gasteiger partial charge in [0, 0.05) is 12.1 Å².